The molecule has 3 rings (SSSR count). The van der Waals surface area contributed by atoms with Crippen LogP contribution in [0, 0.1) is 12.8 Å². The third-order valence-corrected chi connectivity index (χ3v) is 4.80. The zero-order chi connectivity index (χ0) is 20.6. The number of halogens is 3. The van der Waals surface area contributed by atoms with Crippen LogP contribution in [0.2, 0.25) is 0 Å². The first kappa shape index (κ1) is 20.0. The van der Waals surface area contributed by atoms with Gasteiger partial charge in [-0.15, -0.1) is 0 Å². The van der Waals surface area contributed by atoms with Crippen LogP contribution in [0.3, 0.4) is 0 Å². The second-order valence-electron chi connectivity index (χ2n) is 7.09. The molecule has 0 aliphatic rings. The molecule has 0 radical (unpaired) electrons. The number of hydrogen-bond acceptors (Lipinski definition) is 4. The second kappa shape index (κ2) is 7.33. The molecule has 0 spiro atoms. The minimum Gasteiger partial charge on any atom is -0.282 e. The highest BCUT2D eigenvalue weighted by Crippen LogP contribution is 2.33. The Morgan fingerprint density at radius 1 is 1.14 bits per heavy atom. The molecule has 0 N–H and O–H groups in total. The van der Waals surface area contributed by atoms with Gasteiger partial charge in [-0.25, -0.2) is 9.97 Å². The van der Waals surface area contributed by atoms with Crippen LogP contribution in [0.4, 0.5) is 13.2 Å². The Bertz CT molecular complexity index is 1010. The quantitative estimate of drug-likeness (QED) is 0.565. The standard InChI is InChI=1S/C20H21F3N4O/c1-5-16(11(2)3)27-17-7-6-13(14-9-24-12(4)25-10-14)8-15(17)18(26-27)19(28)20(21,22)23/h6-11,16H,5H2,1-4H3. The van der Waals surface area contributed by atoms with Crippen molar-refractivity contribution in [1.29, 1.82) is 0 Å². The lowest BCUT2D eigenvalue weighted by atomic mass is 10.0. The van der Waals surface area contributed by atoms with Crippen molar-refractivity contribution in [3.05, 3.63) is 42.1 Å². The van der Waals surface area contributed by atoms with Gasteiger partial charge >= 0.3 is 6.18 Å². The van der Waals surface area contributed by atoms with E-state index in [1.807, 2.05) is 20.8 Å². The van der Waals surface area contributed by atoms with Crippen molar-refractivity contribution in [1.82, 2.24) is 19.7 Å². The van der Waals surface area contributed by atoms with Crippen LogP contribution in [-0.2, 0) is 0 Å². The van der Waals surface area contributed by atoms with Crippen molar-refractivity contribution in [2.75, 3.05) is 0 Å². The van der Waals surface area contributed by atoms with Crippen LogP contribution in [0.5, 0.6) is 0 Å². The minimum absolute atomic E-state index is 0.120. The van der Waals surface area contributed by atoms with Gasteiger partial charge in [0, 0.05) is 23.3 Å². The van der Waals surface area contributed by atoms with Gasteiger partial charge in [0.05, 0.1) is 11.6 Å². The van der Waals surface area contributed by atoms with E-state index in [4.69, 9.17) is 0 Å². The number of aromatic nitrogens is 4. The molecule has 3 aromatic rings. The monoisotopic (exact) mass is 390 g/mol. The molecule has 0 bridgehead atoms. The van der Waals surface area contributed by atoms with Gasteiger partial charge in [-0.1, -0.05) is 26.8 Å². The number of rotatable bonds is 5. The first-order chi connectivity index (χ1) is 13.1. The van der Waals surface area contributed by atoms with Crippen LogP contribution in [0.25, 0.3) is 22.0 Å². The number of hydrogen-bond donors (Lipinski definition) is 0. The molecule has 28 heavy (non-hydrogen) atoms. The van der Waals surface area contributed by atoms with E-state index in [0.29, 0.717) is 28.9 Å². The van der Waals surface area contributed by atoms with Crippen LogP contribution < -0.4 is 0 Å². The SMILES string of the molecule is CCC(C(C)C)n1nc(C(=O)C(F)(F)F)c2cc(-c3cnc(C)nc3)ccc21. The van der Waals surface area contributed by atoms with Crippen molar-refractivity contribution in [2.24, 2.45) is 5.92 Å². The summed E-state index contributed by atoms with van der Waals surface area (Å²) in [5.74, 6) is -1.20. The Morgan fingerprint density at radius 3 is 2.32 bits per heavy atom. The predicted octanol–water partition coefficient (Wildman–Crippen LogP) is 5.15. The van der Waals surface area contributed by atoms with Gasteiger partial charge in [0.15, 0.2) is 0 Å². The average molecular weight is 390 g/mol. The normalized spacial score (nSPS) is 13.3. The lowest BCUT2D eigenvalue weighted by Gasteiger charge is -2.20. The Labute approximate surface area is 160 Å². The van der Waals surface area contributed by atoms with Gasteiger partial charge in [-0.2, -0.15) is 18.3 Å². The summed E-state index contributed by atoms with van der Waals surface area (Å²) in [4.78, 5) is 20.3. The summed E-state index contributed by atoms with van der Waals surface area (Å²) in [6.45, 7) is 7.64. The molecule has 5 nitrogen and oxygen atoms in total. The van der Waals surface area contributed by atoms with Gasteiger partial charge in [0.25, 0.3) is 5.78 Å². The number of carbonyl (C=O) groups is 1. The van der Waals surface area contributed by atoms with E-state index in [0.717, 1.165) is 0 Å². The molecule has 0 saturated heterocycles. The highest BCUT2D eigenvalue weighted by Gasteiger charge is 2.42. The largest absolute Gasteiger partial charge is 0.456 e. The van der Waals surface area contributed by atoms with Crippen LogP contribution in [0.1, 0.15) is 49.5 Å². The van der Waals surface area contributed by atoms with Gasteiger partial charge in [-0.3, -0.25) is 9.48 Å². The van der Waals surface area contributed by atoms with Crippen LogP contribution in [0.15, 0.2) is 30.6 Å². The number of carbonyl (C=O) groups excluding carboxylic acids is 1. The van der Waals surface area contributed by atoms with E-state index in [1.54, 1.807) is 42.2 Å². The second-order valence-corrected chi connectivity index (χ2v) is 7.09. The Kier molecular flexibility index (Phi) is 5.23. The summed E-state index contributed by atoms with van der Waals surface area (Å²) in [6.07, 6.45) is -1.11. The fourth-order valence-electron chi connectivity index (χ4n) is 3.34. The van der Waals surface area contributed by atoms with E-state index in [-0.39, 0.29) is 17.3 Å². The van der Waals surface area contributed by atoms with Gasteiger partial charge < -0.3 is 0 Å². The number of nitrogens with zero attached hydrogens (tertiary/aromatic N) is 4. The first-order valence-electron chi connectivity index (χ1n) is 9.06. The molecule has 2 heterocycles. The Balaban J connectivity index is 2.25. The molecule has 8 heteroatoms. The van der Waals surface area contributed by atoms with E-state index in [2.05, 4.69) is 15.1 Å². The number of Topliss-reactive ketones (excluding diaryl/α,β-unsaturated/α-hetero) is 1. The third-order valence-electron chi connectivity index (χ3n) is 4.80. The van der Waals surface area contributed by atoms with E-state index in [1.165, 1.54) is 0 Å². The summed E-state index contributed by atoms with van der Waals surface area (Å²) in [5, 5.41) is 4.29. The number of aryl methyl sites for hydroxylation is 1. The number of alkyl halides is 3. The highest BCUT2D eigenvalue weighted by molar-refractivity contribution is 6.09. The zero-order valence-electron chi connectivity index (χ0n) is 16.1. The predicted molar refractivity (Wildman–Crippen MR) is 100 cm³/mol. The number of ketones is 1. The van der Waals surface area contributed by atoms with Crippen LogP contribution in [-0.4, -0.2) is 31.7 Å². The third kappa shape index (κ3) is 3.63. The fraction of sp³-hybridized carbons (Fsp3) is 0.400. The van der Waals surface area contributed by atoms with E-state index < -0.39 is 17.7 Å². The van der Waals surface area contributed by atoms with E-state index >= 15 is 0 Å². The summed E-state index contributed by atoms with van der Waals surface area (Å²) >= 11 is 0. The van der Waals surface area contributed by atoms with Crippen molar-refractivity contribution in [3.8, 4) is 11.1 Å². The molecule has 0 aliphatic carbocycles. The van der Waals surface area contributed by atoms with Crippen molar-refractivity contribution in [2.45, 2.75) is 46.3 Å². The lowest BCUT2D eigenvalue weighted by Crippen LogP contribution is -2.24. The molecular weight excluding hydrogens is 369 g/mol. The maximum atomic E-state index is 13.2. The summed E-state index contributed by atoms with van der Waals surface area (Å²) in [7, 11) is 0. The smallest absolute Gasteiger partial charge is 0.282 e. The number of benzene rings is 1. The van der Waals surface area contributed by atoms with Gasteiger partial charge in [0.1, 0.15) is 11.5 Å². The van der Waals surface area contributed by atoms with Gasteiger partial charge in [-0.05, 0) is 37.0 Å². The average Bonchev–Trinajstić information content (AvgIpc) is 2.99. The zero-order valence-corrected chi connectivity index (χ0v) is 16.1. The topological polar surface area (TPSA) is 60.7 Å². The lowest BCUT2D eigenvalue weighted by molar-refractivity contribution is -0.0887. The highest BCUT2D eigenvalue weighted by atomic mass is 19.4. The maximum Gasteiger partial charge on any atom is 0.456 e. The first-order valence-corrected chi connectivity index (χ1v) is 9.06. The molecule has 148 valence electrons. The van der Waals surface area contributed by atoms with Crippen molar-refractivity contribution < 1.29 is 18.0 Å². The summed E-state index contributed by atoms with van der Waals surface area (Å²) < 4.78 is 41.0. The molecule has 0 amide bonds. The van der Waals surface area contributed by atoms with Crippen LogP contribution >= 0.6 is 0 Å². The van der Waals surface area contributed by atoms with Gasteiger partial charge in [0.2, 0.25) is 0 Å². The molecule has 2 aromatic heterocycles. The fourth-order valence-corrected chi connectivity index (χ4v) is 3.34. The molecule has 0 saturated carbocycles. The molecule has 1 aromatic carbocycles. The van der Waals surface area contributed by atoms with E-state index in [9.17, 15) is 18.0 Å². The Hall–Kier alpha value is -2.77. The molecule has 1 atom stereocenters. The molecule has 0 aliphatic heterocycles. The Morgan fingerprint density at radius 2 is 1.79 bits per heavy atom. The molecule has 1 unspecified atom stereocenters. The number of fused-ring (bicyclic) bond motifs is 1. The molecule has 0 fully saturated rings. The van der Waals surface area contributed by atoms with Crippen molar-refractivity contribution >= 4 is 16.7 Å². The summed E-state index contributed by atoms with van der Waals surface area (Å²) in [5.41, 5.74) is 1.21. The maximum absolute atomic E-state index is 13.2. The summed E-state index contributed by atoms with van der Waals surface area (Å²) in [6, 6.07) is 4.92. The minimum atomic E-state index is -4.99. The van der Waals surface area contributed by atoms with Crippen molar-refractivity contribution in [3.63, 3.8) is 0 Å². The molecular formula is C20H21F3N4O.